The minimum absolute atomic E-state index is 0.0178. The maximum Gasteiger partial charge on any atom is 0.325 e. The van der Waals surface area contributed by atoms with Gasteiger partial charge in [-0.1, -0.05) is 71.0 Å². The lowest BCUT2D eigenvalue weighted by Gasteiger charge is -2.34. The quantitative estimate of drug-likeness (QED) is 0.379. The molecule has 216 valence electrons. The van der Waals surface area contributed by atoms with Crippen LogP contribution in [0.2, 0.25) is 0 Å². The average molecular weight is 562 g/mol. The number of amides is 2. The molecule has 3 N–H and O–H groups in total. The predicted octanol–water partition coefficient (Wildman–Crippen LogP) is 3.77. The molecule has 0 unspecified atom stereocenters. The number of carbonyl (C=O) groups is 3. The molecule has 0 aliphatic carbocycles. The van der Waals surface area contributed by atoms with Crippen LogP contribution in [0, 0.1) is 17.3 Å². The van der Waals surface area contributed by atoms with E-state index in [0.29, 0.717) is 10.8 Å². The minimum atomic E-state index is -4.29. The normalized spacial score (nSPS) is 14.9. The van der Waals surface area contributed by atoms with E-state index in [-0.39, 0.29) is 17.2 Å². The lowest BCUT2D eigenvalue weighted by molar-refractivity contribution is -0.160. The third-order valence-electron chi connectivity index (χ3n) is 6.11. The summed E-state index contributed by atoms with van der Waals surface area (Å²) in [6, 6.07) is 9.41. The molecule has 0 aliphatic heterocycles. The van der Waals surface area contributed by atoms with E-state index in [0.717, 1.165) is 0 Å². The van der Waals surface area contributed by atoms with Gasteiger partial charge in [-0.2, -0.15) is 4.72 Å². The highest BCUT2D eigenvalue weighted by Crippen LogP contribution is 2.27. The number of hydrogen-bond acceptors (Lipinski definition) is 6. The van der Waals surface area contributed by atoms with Gasteiger partial charge < -0.3 is 15.4 Å². The van der Waals surface area contributed by atoms with Crippen LogP contribution in [0.25, 0.3) is 10.8 Å². The van der Waals surface area contributed by atoms with E-state index < -0.39 is 56.8 Å². The molecule has 2 aromatic rings. The fourth-order valence-corrected chi connectivity index (χ4v) is 5.75. The fourth-order valence-electron chi connectivity index (χ4n) is 4.29. The Morgan fingerprint density at radius 2 is 1.49 bits per heavy atom. The predicted molar refractivity (Wildman–Crippen MR) is 152 cm³/mol. The number of fused-ring (bicyclic) bond motifs is 1. The highest BCUT2D eigenvalue weighted by Gasteiger charge is 2.42. The van der Waals surface area contributed by atoms with Crippen molar-refractivity contribution in [2.75, 3.05) is 7.05 Å². The van der Waals surface area contributed by atoms with Gasteiger partial charge in [-0.3, -0.25) is 14.4 Å². The van der Waals surface area contributed by atoms with Crippen LogP contribution in [0.1, 0.15) is 61.8 Å². The number of carbonyl (C=O) groups excluding carboxylic acids is 3. The summed E-state index contributed by atoms with van der Waals surface area (Å²) in [4.78, 5) is 39.9. The summed E-state index contributed by atoms with van der Waals surface area (Å²) in [7, 11) is -2.82. The summed E-state index contributed by atoms with van der Waals surface area (Å²) in [5, 5.41) is 6.52. The van der Waals surface area contributed by atoms with Crippen LogP contribution >= 0.6 is 0 Å². The van der Waals surface area contributed by atoms with Gasteiger partial charge in [0, 0.05) is 12.4 Å². The van der Waals surface area contributed by atoms with E-state index in [1.165, 1.54) is 13.1 Å². The zero-order valence-electron chi connectivity index (χ0n) is 24.4. The largest absolute Gasteiger partial charge is 0.459 e. The van der Waals surface area contributed by atoms with Gasteiger partial charge in [0.25, 0.3) is 0 Å². The lowest BCUT2D eigenvalue weighted by Crippen LogP contribution is -2.58. The third kappa shape index (κ3) is 8.76. The standard InChI is InChI=1S/C29H43N3O6S/c1-18(2)17-21(25(33)31-24(26(34)30-9)28(3,4)5)23(27(35)38-29(6,7)8)32-39(36,37)22-16-12-14-19-13-10-11-15-20(19)22/h10-16,18,21,23-24,32H,17H2,1-9H3,(H,30,34)(H,31,33)/t21-,23+,24-/m1/s1. The smallest absolute Gasteiger partial charge is 0.325 e. The second-order valence-electron chi connectivity index (χ2n) is 12.3. The van der Waals surface area contributed by atoms with Crippen molar-refractivity contribution < 1.29 is 27.5 Å². The van der Waals surface area contributed by atoms with Gasteiger partial charge >= 0.3 is 5.97 Å². The lowest BCUT2D eigenvalue weighted by atomic mass is 9.84. The van der Waals surface area contributed by atoms with Crippen molar-refractivity contribution in [3.05, 3.63) is 42.5 Å². The molecule has 0 fully saturated rings. The maximum atomic E-state index is 13.8. The van der Waals surface area contributed by atoms with E-state index in [4.69, 9.17) is 4.74 Å². The first-order chi connectivity index (χ1) is 17.9. The summed E-state index contributed by atoms with van der Waals surface area (Å²) in [5.74, 6) is -3.13. The molecular weight excluding hydrogens is 518 g/mol. The molecule has 2 rings (SSSR count). The average Bonchev–Trinajstić information content (AvgIpc) is 2.81. The minimum Gasteiger partial charge on any atom is -0.459 e. The van der Waals surface area contributed by atoms with Crippen molar-refractivity contribution in [1.29, 1.82) is 0 Å². The van der Waals surface area contributed by atoms with E-state index in [2.05, 4.69) is 15.4 Å². The van der Waals surface area contributed by atoms with Crippen LogP contribution in [-0.4, -0.2) is 50.9 Å². The molecule has 2 amide bonds. The number of sulfonamides is 1. The number of nitrogens with one attached hydrogen (secondary N) is 3. The molecule has 0 radical (unpaired) electrons. The van der Waals surface area contributed by atoms with E-state index in [9.17, 15) is 22.8 Å². The second-order valence-corrected chi connectivity index (χ2v) is 14.0. The number of rotatable bonds is 10. The third-order valence-corrected chi connectivity index (χ3v) is 7.61. The molecule has 0 saturated heterocycles. The Hall–Kier alpha value is -2.98. The Bertz CT molecular complexity index is 1290. The molecule has 0 aliphatic rings. The van der Waals surface area contributed by atoms with Gasteiger partial charge in [0.05, 0.1) is 10.8 Å². The first kappa shape index (κ1) is 32.2. The van der Waals surface area contributed by atoms with E-state index >= 15 is 0 Å². The molecule has 0 spiro atoms. The number of hydrogen-bond donors (Lipinski definition) is 3. The highest BCUT2D eigenvalue weighted by atomic mass is 32.2. The molecule has 0 aromatic heterocycles. The first-order valence-electron chi connectivity index (χ1n) is 13.1. The van der Waals surface area contributed by atoms with Crippen molar-refractivity contribution in [3.8, 4) is 0 Å². The molecule has 0 saturated carbocycles. The fraction of sp³-hybridized carbons (Fsp3) is 0.552. The zero-order valence-corrected chi connectivity index (χ0v) is 25.2. The molecule has 2 aromatic carbocycles. The molecule has 3 atom stereocenters. The molecule has 10 heteroatoms. The molecule has 0 heterocycles. The molecule has 0 bridgehead atoms. The van der Waals surface area contributed by atoms with Crippen LogP contribution in [0.5, 0.6) is 0 Å². The summed E-state index contributed by atoms with van der Waals surface area (Å²) >= 11 is 0. The summed E-state index contributed by atoms with van der Waals surface area (Å²) in [6.45, 7) is 14.1. The van der Waals surface area contributed by atoms with Crippen LogP contribution in [0.4, 0.5) is 0 Å². The van der Waals surface area contributed by atoms with Gasteiger partial charge in [0.1, 0.15) is 17.7 Å². The van der Waals surface area contributed by atoms with Gasteiger partial charge in [-0.05, 0) is 50.0 Å². The van der Waals surface area contributed by atoms with Crippen LogP contribution < -0.4 is 15.4 Å². The molecule has 9 nitrogen and oxygen atoms in total. The number of esters is 1. The first-order valence-corrected chi connectivity index (χ1v) is 14.6. The Morgan fingerprint density at radius 1 is 0.897 bits per heavy atom. The number of likely N-dealkylation sites (N-methyl/N-ethyl adjacent to an activating group) is 1. The van der Waals surface area contributed by atoms with Crippen molar-refractivity contribution >= 4 is 38.6 Å². The van der Waals surface area contributed by atoms with Gasteiger partial charge in [-0.15, -0.1) is 0 Å². The van der Waals surface area contributed by atoms with Gasteiger partial charge in [0.2, 0.25) is 21.8 Å². The van der Waals surface area contributed by atoms with Crippen molar-refractivity contribution in [1.82, 2.24) is 15.4 Å². The van der Waals surface area contributed by atoms with E-state index in [1.54, 1.807) is 77.9 Å². The topological polar surface area (TPSA) is 131 Å². The zero-order chi connectivity index (χ0) is 29.8. The monoisotopic (exact) mass is 561 g/mol. The van der Waals surface area contributed by atoms with Crippen molar-refractivity contribution in [3.63, 3.8) is 0 Å². The number of ether oxygens (including phenoxy) is 1. The summed E-state index contributed by atoms with van der Waals surface area (Å²) < 4.78 is 35.6. The van der Waals surface area contributed by atoms with Crippen LogP contribution in [0.15, 0.2) is 47.4 Å². The number of benzene rings is 2. The highest BCUT2D eigenvalue weighted by molar-refractivity contribution is 7.89. The summed E-state index contributed by atoms with van der Waals surface area (Å²) in [5.41, 5.74) is -1.59. The SMILES string of the molecule is CNC(=O)[C@@H](NC(=O)[C@H](CC(C)C)[C@H](NS(=O)(=O)c1cccc2ccccc12)C(=O)OC(C)(C)C)C(C)(C)C. The van der Waals surface area contributed by atoms with Crippen LogP contribution in [-0.2, 0) is 29.1 Å². The molecular formula is C29H43N3O6S. The van der Waals surface area contributed by atoms with Crippen LogP contribution in [0.3, 0.4) is 0 Å². The second kappa shape index (κ2) is 12.5. The van der Waals surface area contributed by atoms with Crippen molar-refractivity contribution in [2.45, 2.75) is 84.4 Å². The van der Waals surface area contributed by atoms with E-state index in [1.807, 2.05) is 13.8 Å². The van der Waals surface area contributed by atoms with Gasteiger partial charge in [-0.25, -0.2) is 8.42 Å². The van der Waals surface area contributed by atoms with Crippen molar-refractivity contribution in [2.24, 2.45) is 17.3 Å². The Labute approximate surface area is 232 Å². The Balaban J connectivity index is 2.61. The molecule has 39 heavy (non-hydrogen) atoms. The van der Waals surface area contributed by atoms with Gasteiger partial charge in [0.15, 0.2) is 0 Å². The Morgan fingerprint density at radius 3 is 2.03 bits per heavy atom. The summed E-state index contributed by atoms with van der Waals surface area (Å²) in [6.07, 6.45) is 0.165. The maximum absolute atomic E-state index is 13.8. The Kier molecular flexibility index (Phi) is 10.3.